The molecule has 2 N–H and O–H groups in total. The maximum atomic E-state index is 13.1. The topological polar surface area (TPSA) is 75.3 Å². The van der Waals surface area contributed by atoms with Gasteiger partial charge in [-0.3, -0.25) is 14.4 Å². The summed E-state index contributed by atoms with van der Waals surface area (Å²) in [5.74, 6) is -0.960. The van der Waals surface area contributed by atoms with E-state index in [0.717, 1.165) is 5.56 Å². The van der Waals surface area contributed by atoms with Gasteiger partial charge in [0.05, 0.1) is 16.4 Å². The van der Waals surface area contributed by atoms with Crippen molar-refractivity contribution in [2.45, 2.75) is 12.5 Å². The molecule has 154 valence electrons. The number of carbonyl (C=O) groups excluding carboxylic acids is 3. The molecule has 31 heavy (non-hydrogen) atoms. The van der Waals surface area contributed by atoms with Crippen molar-refractivity contribution in [1.29, 1.82) is 0 Å². The van der Waals surface area contributed by atoms with Gasteiger partial charge in [-0.15, -0.1) is 0 Å². The Hall–Kier alpha value is -3.70. The van der Waals surface area contributed by atoms with E-state index in [1.807, 2.05) is 30.3 Å². The Morgan fingerprint density at radius 1 is 0.839 bits per heavy atom. The van der Waals surface area contributed by atoms with Gasteiger partial charge in [0.2, 0.25) is 11.7 Å². The minimum Gasteiger partial charge on any atom is -0.370 e. The molecule has 6 heteroatoms. The van der Waals surface area contributed by atoms with Gasteiger partial charge in [0, 0.05) is 23.6 Å². The number of fused-ring (bicyclic) bond motifs is 1. The van der Waals surface area contributed by atoms with Gasteiger partial charge in [0.25, 0.3) is 0 Å². The van der Waals surface area contributed by atoms with E-state index in [1.165, 1.54) is 6.08 Å². The van der Waals surface area contributed by atoms with Crippen molar-refractivity contribution >= 4 is 34.8 Å². The number of allylic oxidation sites excluding steroid dienone is 2. The fourth-order valence-corrected chi connectivity index (χ4v) is 3.63. The molecule has 1 amide bonds. The first kappa shape index (κ1) is 20.6. The van der Waals surface area contributed by atoms with Crippen molar-refractivity contribution in [1.82, 2.24) is 5.32 Å². The molecule has 1 atom stereocenters. The molecule has 5 nitrogen and oxygen atoms in total. The van der Waals surface area contributed by atoms with Crippen LogP contribution < -0.4 is 10.6 Å². The smallest absolute Gasteiger partial charge is 0.247 e. The van der Waals surface area contributed by atoms with Crippen LogP contribution in [0, 0.1) is 0 Å². The van der Waals surface area contributed by atoms with E-state index in [9.17, 15) is 14.4 Å². The lowest BCUT2D eigenvalue weighted by Crippen LogP contribution is -2.44. The van der Waals surface area contributed by atoms with Crippen LogP contribution in [0.3, 0.4) is 0 Å². The molecule has 0 fully saturated rings. The van der Waals surface area contributed by atoms with E-state index in [1.54, 1.807) is 48.5 Å². The van der Waals surface area contributed by atoms with Gasteiger partial charge >= 0.3 is 0 Å². The Bertz CT molecular complexity index is 1190. The molecule has 4 rings (SSSR count). The predicted octanol–water partition coefficient (Wildman–Crippen LogP) is 4.44. The highest BCUT2D eigenvalue weighted by molar-refractivity contribution is 6.33. The number of halogens is 1. The standard InChI is InChI=1S/C25H19ClN2O3/c26-19-12-6-7-13-20(19)28-25(31)22(14-16-8-2-1-3-9-16)27-21-15-23(29)17-10-4-5-11-18(17)24(21)30/h1-13,15,22,27H,14H2,(H,28,31)/t22-/m1/s1. The van der Waals surface area contributed by atoms with E-state index < -0.39 is 6.04 Å². The van der Waals surface area contributed by atoms with Crippen LogP contribution in [0.5, 0.6) is 0 Å². The van der Waals surface area contributed by atoms with Crippen LogP contribution in [0.2, 0.25) is 5.02 Å². The van der Waals surface area contributed by atoms with Crippen LogP contribution in [-0.4, -0.2) is 23.5 Å². The molecule has 0 spiro atoms. The Balaban J connectivity index is 1.62. The van der Waals surface area contributed by atoms with E-state index in [-0.39, 0.29) is 23.2 Å². The number of hydrogen-bond donors (Lipinski definition) is 2. The number of hydrogen-bond acceptors (Lipinski definition) is 4. The number of benzene rings is 3. The molecule has 1 aliphatic carbocycles. The number of amides is 1. The first-order valence-electron chi connectivity index (χ1n) is 9.78. The third-order valence-electron chi connectivity index (χ3n) is 5.02. The summed E-state index contributed by atoms with van der Waals surface area (Å²) in [4.78, 5) is 38.6. The summed E-state index contributed by atoms with van der Waals surface area (Å²) in [6.07, 6.45) is 1.57. The molecular formula is C25H19ClN2O3. The summed E-state index contributed by atoms with van der Waals surface area (Å²) in [6, 6.07) is 22.2. The third-order valence-corrected chi connectivity index (χ3v) is 5.35. The second kappa shape index (κ2) is 8.98. The van der Waals surface area contributed by atoms with Crippen LogP contribution in [0.4, 0.5) is 5.69 Å². The van der Waals surface area contributed by atoms with E-state index in [2.05, 4.69) is 10.6 Å². The fourth-order valence-electron chi connectivity index (χ4n) is 3.45. The summed E-state index contributed by atoms with van der Waals surface area (Å²) < 4.78 is 0. The average molecular weight is 431 g/mol. The van der Waals surface area contributed by atoms with E-state index in [0.29, 0.717) is 28.3 Å². The van der Waals surface area contributed by atoms with Crippen molar-refractivity contribution in [3.05, 3.63) is 112 Å². The summed E-state index contributed by atoms with van der Waals surface area (Å²) in [5.41, 5.74) is 2.16. The van der Waals surface area contributed by atoms with Crippen LogP contribution >= 0.6 is 11.6 Å². The molecule has 0 aliphatic heterocycles. The van der Waals surface area contributed by atoms with Crippen LogP contribution in [-0.2, 0) is 11.2 Å². The van der Waals surface area contributed by atoms with Gasteiger partial charge in [-0.05, 0) is 17.7 Å². The largest absolute Gasteiger partial charge is 0.370 e. The van der Waals surface area contributed by atoms with Gasteiger partial charge in [0.15, 0.2) is 5.78 Å². The van der Waals surface area contributed by atoms with Gasteiger partial charge in [0.1, 0.15) is 6.04 Å². The number of nitrogens with one attached hydrogen (secondary N) is 2. The molecule has 0 radical (unpaired) electrons. The lowest BCUT2D eigenvalue weighted by atomic mass is 9.92. The minimum atomic E-state index is -0.799. The fraction of sp³-hybridized carbons (Fsp3) is 0.0800. The summed E-state index contributed by atoms with van der Waals surface area (Å²) in [5, 5.41) is 6.22. The third kappa shape index (κ3) is 4.57. The molecule has 0 bridgehead atoms. The Morgan fingerprint density at radius 3 is 2.23 bits per heavy atom. The molecule has 0 aromatic heterocycles. The van der Waals surface area contributed by atoms with Crippen LogP contribution in [0.25, 0.3) is 0 Å². The number of para-hydroxylation sites is 1. The molecule has 3 aromatic rings. The van der Waals surface area contributed by atoms with Crippen molar-refractivity contribution in [2.75, 3.05) is 5.32 Å². The van der Waals surface area contributed by atoms with Crippen molar-refractivity contribution in [2.24, 2.45) is 0 Å². The molecule has 0 unspecified atom stereocenters. The van der Waals surface area contributed by atoms with Gasteiger partial charge < -0.3 is 10.6 Å². The average Bonchev–Trinajstić information content (AvgIpc) is 2.79. The Labute approximate surface area is 184 Å². The second-order valence-electron chi connectivity index (χ2n) is 7.15. The highest BCUT2D eigenvalue weighted by Gasteiger charge is 2.29. The van der Waals surface area contributed by atoms with E-state index in [4.69, 9.17) is 11.6 Å². The van der Waals surface area contributed by atoms with Gasteiger partial charge in [-0.25, -0.2) is 0 Å². The normalized spacial score (nSPS) is 13.8. The first-order valence-corrected chi connectivity index (χ1v) is 10.2. The number of Topliss-reactive ketones (excluding diaryl/α,β-unsaturated/α-hetero) is 1. The molecule has 0 heterocycles. The highest BCUT2D eigenvalue weighted by atomic mass is 35.5. The summed E-state index contributed by atoms with van der Waals surface area (Å²) in [7, 11) is 0. The lowest BCUT2D eigenvalue weighted by Gasteiger charge is -2.23. The Morgan fingerprint density at radius 2 is 1.48 bits per heavy atom. The maximum Gasteiger partial charge on any atom is 0.247 e. The quantitative estimate of drug-likeness (QED) is 0.606. The van der Waals surface area contributed by atoms with Crippen molar-refractivity contribution in [3.8, 4) is 0 Å². The minimum absolute atomic E-state index is 0.0962. The SMILES string of the molecule is O=C1C=C(N[C@H](Cc2ccccc2)C(=O)Nc2ccccc2Cl)C(=O)c2ccccc21. The molecule has 1 aliphatic rings. The number of carbonyl (C=O) groups is 3. The molecule has 0 saturated heterocycles. The van der Waals surface area contributed by atoms with Crippen LogP contribution in [0.1, 0.15) is 26.3 Å². The van der Waals surface area contributed by atoms with Crippen molar-refractivity contribution < 1.29 is 14.4 Å². The number of ketones is 2. The predicted molar refractivity (Wildman–Crippen MR) is 120 cm³/mol. The zero-order valence-electron chi connectivity index (χ0n) is 16.5. The zero-order chi connectivity index (χ0) is 21.8. The molecule has 0 saturated carbocycles. The summed E-state index contributed by atoms with van der Waals surface area (Å²) >= 11 is 6.18. The first-order chi connectivity index (χ1) is 15.0. The lowest BCUT2D eigenvalue weighted by molar-refractivity contribution is -0.117. The number of anilines is 1. The monoisotopic (exact) mass is 430 g/mol. The van der Waals surface area contributed by atoms with E-state index >= 15 is 0 Å². The second-order valence-corrected chi connectivity index (χ2v) is 7.56. The summed E-state index contributed by atoms with van der Waals surface area (Å²) in [6.45, 7) is 0. The molecular weight excluding hydrogens is 412 g/mol. The van der Waals surface area contributed by atoms with Crippen molar-refractivity contribution in [3.63, 3.8) is 0 Å². The van der Waals surface area contributed by atoms with Crippen LogP contribution in [0.15, 0.2) is 90.6 Å². The Kier molecular flexibility index (Phi) is 5.96. The molecule has 3 aromatic carbocycles. The zero-order valence-corrected chi connectivity index (χ0v) is 17.2. The number of rotatable bonds is 6. The maximum absolute atomic E-state index is 13.1. The van der Waals surface area contributed by atoms with Gasteiger partial charge in [-0.1, -0.05) is 78.3 Å². The van der Waals surface area contributed by atoms with Gasteiger partial charge in [-0.2, -0.15) is 0 Å². The highest BCUT2D eigenvalue weighted by Crippen LogP contribution is 2.23.